The summed E-state index contributed by atoms with van der Waals surface area (Å²) in [6, 6.07) is 8.79. The van der Waals surface area contributed by atoms with Crippen LogP contribution in [0.15, 0.2) is 49.1 Å². The second-order valence-electron chi connectivity index (χ2n) is 12.6. The number of nitrogens with zero attached hydrogens (tertiary/aromatic N) is 5. The van der Waals surface area contributed by atoms with Crippen molar-refractivity contribution >= 4 is 45.0 Å². The summed E-state index contributed by atoms with van der Waals surface area (Å²) in [6.45, 7) is 7.06. The summed E-state index contributed by atoms with van der Waals surface area (Å²) in [7, 11) is 0. The molecular weight excluding hydrogens is 603 g/mol. The Hall–Kier alpha value is -3.89. The van der Waals surface area contributed by atoms with Gasteiger partial charge in [-0.15, -0.1) is 0 Å². The Morgan fingerprint density at radius 2 is 1.87 bits per heavy atom. The second-order valence-corrected chi connectivity index (χ2v) is 12.9. The van der Waals surface area contributed by atoms with E-state index in [-0.39, 0.29) is 62.0 Å². The van der Waals surface area contributed by atoms with Gasteiger partial charge in [-0.1, -0.05) is 42.4 Å². The number of anilines is 1. The lowest BCUT2D eigenvalue weighted by atomic mass is 9.94. The topological polar surface area (TPSA) is 61.8 Å². The largest absolute Gasteiger partial charge is 0.461 e. The van der Waals surface area contributed by atoms with Crippen LogP contribution in [0.1, 0.15) is 32.1 Å². The first kappa shape index (κ1) is 28.6. The lowest BCUT2D eigenvalue weighted by Gasteiger charge is -2.47. The van der Waals surface area contributed by atoms with Crippen LogP contribution in [-0.4, -0.2) is 76.1 Å². The number of aromatic nitrogens is 2. The van der Waals surface area contributed by atoms with Crippen LogP contribution in [0.25, 0.3) is 32.8 Å². The molecule has 1 unspecified atom stereocenters. The zero-order valence-electron chi connectivity index (χ0n) is 24.5. The molecule has 0 aliphatic carbocycles. The highest BCUT2D eigenvalue weighted by molar-refractivity contribution is 6.37. The highest BCUT2D eigenvalue weighted by Crippen LogP contribution is 2.44. The smallest absolute Gasteiger partial charge is 0.319 e. The van der Waals surface area contributed by atoms with Gasteiger partial charge in [0, 0.05) is 23.9 Å². The molecule has 45 heavy (non-hydrogen) atoms. The number of fused-ring (bicyclic) bond motifs is 4. The molecule has 5 heterocycles. The molecule has 7 nitrogen and oxygen atoms in total. The van der Waals surface area contributed by atoms with Crippen LogP contribution in [0.5, 0.6) is 6.01 Å². The van der Waals surface area contributed by atoms with Gasteiger partial charge in [-0.25, -0.2) is 13.2 Å². The van der Waals surface area contributed by atoms with Gasteiger partial charge < -0.3 is 14.5 Å². The minimum Gasteiger partial charge on any atom is -0.461 e. The van der Waals surface area contributed by atoms with Crippen LogP contribution >= 0.6 is 11.6 Å². The summed E-state index contributed by atoms with van der Waals surface area (Å²) in [4.78, 5) is 27.9. The zero-order chi connectivity index (χ0) is 31.0. The van der Waals surface area contributed by atoms with E-state index in [4.69, 9.17) is 21.3 Å². The highest BCUT2D eigenvalue weighted by atomic mass is 35.5. The number of carbonyl (C=O) groups excluding carboxylic acids is 1. The van der Waals surface area contributed by atoms with Gasteiger partial charge in [0.2, 0.25) is 5.91 Å². The number of benzene rings is 3. The molecule has 4 aliphatic heterocycles. The van der Waals surface area contributed by atoms with Crippen molar-refractivity contribution in [2.24, 2.45) is 0 Å². The number of ether oxygens (including phenoxy) is 1. The van der Waals surface area contributed by atoms with Gasteiger partial charge in [-0.2, -0.15) is 9.97 Å². The van der Waals surface area contributed by atoms with E-state index >= 15 is 8.78 Å². The number of amides is 1. The van der Waals surface area contributed by atoms with Gasteiger partial charge in [0.1, 0.15) is 29.6 Å². The van der Waals surface area contributed by atoms with E-state index in [9.17, 15) is 9.18 Å². The van der Waals surface area contributed by atoms with Crippen molar-refractivity contribution in [3.8, 4) is 17.1 Å². The molecule has 4 fully saturated rings. The van der Waals surface area contributed by atoms with Crippen molar-refractivity contribution in [3.05, 3.63) is 71.5 Å². The van der Waals surface area contributed by atoms with Gasteiger partial charge in [0.15, 0.2) is 5.82 Å². The number of likely N-dealkylation sites (tertiary alicyclic amines) is 1. The van der Waals surface area contributed by atoms with Crippen molar-refractivity contribution in [2.45, 2.75) is 49.7 Å². The van der Waals surface area contributed by atoms with Gasteiger partial charge in [-0.3, -0.25) is 9.69 Å². The Morgan fingerprint density at radius 3 is 2.64 bits per heavy atom. The molecule has 11 heteroatoms. The molecule has 4 aliphatic rings. The number of halogens is 4. The second kappa shape index (κ2) is 10.6. The number of rotatable bonds is 6. The lowest BCUT2D eigenvalue weighted by molar-refractivity contribution is -0.127. The first-order chi connectivity index (χ1) is 21.8. The van der Waals surface area contributed by atoms with Crippen LogP contribution in [0.2, 0.25) is 5.02 Å². The molecule has 0 N–H and O–H groups in total. The molecule has 1 amide bonds. The predicted molar refractivity (Wildman–Crippen MR) is 167 cm³/mol. The van der Waals surface area contributed by atoms with Gasteiger partial charge in [-0.05, 0) is 74.4 Å². The Labute approximate surface area is 263 Å². The van der Waals surface area contributed by atoms with E-state index in [0.717, 1.165) is 38.8 Å². The molecule has 232 valence electrons. The number of hydrogen-bond acceptors (Lipinski definition) is 6. The van der Waals surface area contributed by atoms with Crippen molar-refractivity contribution in [2.75, 3.05) is 37.7 Å². The van der Waals surface area contributed by atoms with E-state index < -0.39 is 17.5 Å². The molecule has 0 spiro atoms. The number of hydrogen-bond donors (Lipinski definition) is 0. The van der Waals surface area contributed by atoms with E-state index in [0.29, 0.717) is 37.3 Å². The van der Waals surface area contributed by atoms with Crippen LogP contribution in [-0.2, 0) is 4.79 Å². The Morgan fingerprint density at radius 1 is 1.07 bits per heavy atom. The van der Waals surface area contributed by atoms with Crippen LogP contribution < -0.4 is 9.64 Å². The fourth-order valence-electron chi connectivity index (χ4n) is 8.12. The number of carbonyl (C=O) groups is 1. The SMILES string of the molecule is C=CC(=O)N1CCC2[C@H]1CN2c1nc(OCC23CCCN2CCC3)nc2c(F)c(-c3cccc4ccc(F)c(Cl)c34)c(F)cc12. The molecule has 2 atom stereocenters. The Balaban J connectivity index is 1.26. The summed E-state index contributed by atoms with van der Waals surface area (Å²) in [5.74, 6) is -2.20. The van der Waals surface area contributed by atoms with Crippen molar-refractivity contribution < 1.29 is 22.7 Å². The Bertz CT molecular complexity index is 1890. The molecule has 0 bridgehead atoms. The third-order valence-corrected chi connectivity index (χ3v) is 10.7. The predicted octanol–water partition coefficient (Wildman–Crippen LogP) is 6.50. The van der Waals surface area contributed by atoms with Crippen LogP contribution in [0.3, 0.4) is 0 Å². The maximum absolute atomic E-state index is 16.7. The first-order valence-corrected chi connectivity index (χ1v) is 15.8. The molecule has 0 radical (unpaired) electrons. The third kappa shape index (κ3) is 4.32. The van der Waals surface area contributed by atoms with Crippen molar-refractivity contribution in [3.63, 3.8) is 0 Å². The highest BCUT2D eigenvalue weighted by Gasteiger charge is 2.50. The minimum atomic E-state index is -0.903. The zero-order valence-corrected chi connectivity index (χ0v) is 25.3. The van der Waals surface area contributed by atoms with Crippen molar-refractivity contribution in [1.82, 2.24) is 19.8 Å². The summed E-state index contributed by atoms with van der Waals surface area (Å²) in [5.41, 5.74) is -0.407. The summed E-state index contributed by atoms with van der Waals surface area (Å²) >= 11 is 6.36. The molecular formula is C34H31ClF3N5O2. The molecule has 8 rings (SSSR count). The van der Waals surface area contributed by atoms with Crippen molar-refractivity contribution in [1.29, 1.82) is 0 Å². The van der Waals surface area contributed by atoms with Crippen LogP contribution in [0, 0.1) is 17.5 Å². The lowest BCUT2D eigenvalue weighted by Crippen LogP contribution is -2.63. The summed E-state index contributed by atoms with van der Waals surface area (Å²) in [5, 5.41) is 0.755. The van der Waals surface area contributed by atoms with E-state index in [2.05, 4.69) is 16.5 Å². The fraction of sp³-hybridized carbons (Fsp3) is 0.382. The summed E-state index contributed by atoms with van der Waals surface area (Å²) in [6.07, 6.45) is 6.21. The maximum Gasteiger partial charge on any atom is 0.319 e. The van der Waals surface area contributed by atoms with Gasteiger partial charge in [0.25, 0.3) is 0 Å². The maximum atomic E-state index is 16.7. The van der Waals surface area contributed by atoms with Gasteiger partial charge in [0.05, 0.1) is 28.2 Å². The molecule has 1 aromatic heterocycles. The normalized spacial score (nSPS) is 22.1. The van der Waals surface area contributed by atoms with E-state index in [1.807, 2.05) is 4.90 Å². The standard InChI is InChI=1S/C34H31ClF3N5O2/c1-2-26(44)42-15-10-24-25(42)17-43(24)32-21-16-23(37)28(20-7-3-6-19-8-9-22(36)29(35)27(19)20)30(38)31(21)39-33(40-32)45-18-34-11-4-13-41(34)14-5-12-34/h2-3,6-9,16,24-25H,1,4-5,10-15,17-18H2/t24?,25-/m1/s1. The Kier molecular flexibility index (Phi) is 6.73. The average Bonchev–Trinajstić information content (AvgIpc) is 3.71. The third-order valence-electron chi connectivity index (χ3n) is 10.4. The molecule has 0 saturated carbocycles. The molecule has 4 aromatic rings. The fourth-order valence-corrected chi connectivity index (χ4v) is 8.40. The van der Waals surface area contributed by atoms with E-state index in [1.165, 1.54) is 30.3 Å². The van der Waals surface area contributed by atoms with Crippen LogP contribution in [0.4, 0.5) is 19.0 Å². The monoisotopic (exact) mass is 633 g/mol. The molecule has 3 aromatic carbocycles. The summed E-state index contributed by atoms with van der Waals surface area (Å²) < 4.78 is 53.7. The van der Waals surface area contributed by atoms with E-state index in [1.54, 1.807) is 17.0 Å². The average molecular weight is 634 g/mol. The minimum absolute atomic E-state index is 0.0181. The van der Waals surface area contributed by atoms with Gasteiger partial charge >= 0.3 is 6.01 Å². The quantitative estimate of drug-likeness (QED) is 0.226. The molecule has 4 saturated heterocycles. The first-order valence-electron chi connectivity index (χ1n) is 15.4.